The van der Waals surface area contributed by atoms with Crippen LogP contribution in [0, 0.1) is 5.92 Å². The molecule has 2 N–H and O–H groups in total. The average Bonchev–Trinajstić information content (AvgIpc) is 3.01. The Hall–Kier alpha value is -0.450. The molecule has 1 aromatic heterocycles. The van der Waals surface area contributed by atoms with Gasteiger partial charge in [-0.25, -0.2) is 4.98 Å². The number of hydrogen-bond donors (Lipinski definition) is 1. The predicted molar refractivity (Wildman–Crippen MR) is 73.1 cm³/mol. The lowest BCUT2D eigenvalue weighted by atomic mass is 10.2. The number of hydrogen-bond acceptors (Lipinski definition) is 4. The molecule has 1 aliphatic carbocycles. The molecule has 0 unspecified atom stereocenters. The monoisotopic (exact) mass is 253 g/mol. The van der Waals surface area contributed by atoms with E-state index in [0.29, 0.717) is 6.54 Å². The van der Waals surface area contributed by atoms with Gasteiger partial charge in [-0.15, -0.1) is 11.3 Å². The summed E-state index contributed by atoms with van der Waals surface area (Å²) >= 11 is 1.75. The molecular formula is C13H23N3S. The average molecular weight is 253 g/mol. The van der Waals surface area contributed by atoms with Gasteiger partial charge in [0.25, 0.3) is 0 Å². The van der Waals surface area contributed by atoms with E-state index in [1.807, 2.05) is 0 Å². The van der Waals surface area contributed by atoms with Gasteiger partial charge in [0.2, 0.25) is 0 Å². The van der Waals surface area contributed by atoms with Crippen molar-refractivity contribution in [1.82, 2.24) is 9.88 Å². The second-order valence-electron chi connectivity index (χ2n) is 5.33. The van der Waals surface area contributed by atoms with Crippen molar-refractivity contribution in [2.24, 2.45) is 11.7 Å². The molecule has 0 aliphatic heterocycles. The standard InChI is InChI=1S/C13H23N3S/c1-10(2)7-16(12-3-4-12)8-11-9-17-13(15-11)5-6-14/h9-10,12H,3-8,14H2,1-2H3. The van der Waals surface area contributed by atoms with Crippen LogP contribution in [0.1, 0.15) is 37.4 Å². The largest absolute Gasteiger partial charge is 0.330 e. The van der Waals surface area contributed by atoms with Crippen LogP contribution in [0.3, 0.4) is 0 Å². The van der Waals surface area contributed by atoms with Crippen LogP contribution in [0.25, 0.3) is 0 Å². The van der Waals surface area contributed by atoms with E-state index in [1.165, 1.54) is 30.1 Å². The van der Waals surface area contributed by atoms with Crippen molar-refractivity contribution in [3.63, 3.8) is 0 Å². The molecule has 1 aromatic rings. The van der Waals surface area contributed by atoms with Crippen molar-refractivity contribution < 1.29 is 0 Å². The minimum absolute atomic E-state index is 0.700. The lowest BCUT2D eigenvalue weighted by molar-refractivity contribution is 0.224. The minimum atomic E-state index is 0.700. The van der Waals surface area contributed by atoms with Crippen LogP contribution in [0.4, 0.5) is 0 Å². The smallest absolute Gasteiger partial charge is 0.0941 e. The zero-order chi connectivity index (χ0) is 12.3. The molecule has 0 amide bonds. The van der Waals surface area contributed by atoms with Gasteiger partial charge in [0.1, 0.15) is 0 Å². The van der Waals surface area contributed by atoms with Crippen LogP contribution in [-0.2, 0) is 13.0 Å². The van der Waals surface area contributed by atoms with Crippen LogP contribution >= 0.6 is 11.3 Å². The topological polar surface area (TPSA) is 42.1 Å². The van der Waals surface area contributed by atoms with Gasteiger partial charge in [-0.05, 0) is 25.3 Å². The Morgan fingerprint density at radius 2 is 2.29 bits per heavy atom. The molecule has 3 nitrogen and oxygen atoms in total. The van der Waals surface area contributed by atoms with Gasteiger partial charge in [0.05, 0.1) is 10.7 Å². The zero-order valence-corrected chi connectivity index (χ0v) is 11.7. The van der Waals surface area contributed by atoms with E-state index < -0.39 is 0 Å². The SMILES string of the molecule is CC(C)CN(Cc1csc(CCN)n1)C1CC1. The first-order valence-corrected chi connectivity index (χ1v) is 7.44. The lowest BCUT2D eigenvalue weighted by Gasteiger charge is -2.22. The Morgan fingerprint density at radius 3 is 2.88 bits per heavy atom. The maximum atomic E-state index is 5.55. The van der Waals surface area contributed by atoms with Crippen molar-refractivity contribution in [2.75, 3.05) is 13.1 Å². The van der Waals surface area contributed by atoms with Crippen LogP contribution in [0.5, 0.6) is 0 Å². The number of thiazole rings is 1. The van der Waals surface area contributed by atoms with Gasteiger partial charge < -0.3 is 5.73 Å². The fraction of sp³-hybridized carbons (Fsp3) is 0.769. The third kappa shape index (κ3) is 4.05. The quantitative estimate of drug-likeness (QED) is 0.810. The number of nitrogens with zero attached hydrogens (tertiary/aromatic N) is 2. The second kappa shape index (κ2) is 5.94. The molecule has 1 aliphatic rings. The highest BCUT2D eigenvalue weighted by molar-refractivity contribution is 7.09. The Labute approximate surface area is 108 Å². The van der Waals surface area contributed by atoms with Gasteiger partial charge >= 0.3 is 0 Å². The summed E-state index contributed by atoms with van der Waals surface area (Å²) in [6.07, 6.45) is 3.65. The van der Waals surface area contributed by atoms with Crippen molar-refractivity contribution in [3.8, 4) is 0 Å². The maximum Gasteiger partial charge on any atom is 0.0941 e. The van der Waals surface area contributed by atoms with Crippen molar-refractivity contribution >= 4 is 11.3 Å². The molecule has 17 heavy (non-hydrogen) atoms. The highest BCUT2D eigenvalue weighted by atomic mass is 32.1. The molecule has 0 saturated heterocycles. The molecule has 0 radical (unpaired) electrons. The first kappa shape index (κ1) is 13.0. The van der Waals surface area contributed by atoms with Gasteiger partial charge in [0.15, 0.2) is 0 Å². The van der Waals surface area contributed by atoms with Gasteiger partial charge in [-0.3, -0.25) is 4.90 Å². The Balaban J connectivity index is 1.91. The highest BCUT2D eigenvalue weighted by Crippen LogP contribution is 2.29. The first-order valence-electron chi connectivity index (χ1n) is 6.56. The summed E-state index contributed by atoms with van der Waals surface area (Å²) in [5.41, 5.74) is 6.78. The minimum Gasteiger partial charge on any atom is -0.330 e. The van der Waals surface area contributed by atoms with E-state index in [2.05, 4.69) is 29.1 Å². The number of nitrogens with two attached hydrogens (primary N) is 1. The van der Waals surface area contributed by atoms with Crippen molar-refractivity contribution in [1.29, 1.82) is 0 Å². The Kier molecular flexibility index (Phi) is 4.54. The first-order chi connectivity index (χ1) is 8.19. The van der Waals surface area contributed by atoms with E-state index in [-0.39, 0.29) is 0 Å². The Morgan fingerprint density at radius 1 is 1.53 bits per heavy atom. The third-order valence-electron chi connectivity index (χ3n) is 2.99. The van der Waals surface area contributed by atoms with E-state index in [4.69, 9.17) is 5.73 Å². The van der Waals surface area contributed by atoms with E-state index in [0.717, 1.165) is 24.9 Å². The molecule has 4 heteroatoms. The van der Waals surface area contributed by atoms with Crippen molar-refractivity contribution in [3.05, 3.63) is 16.1 Å². The summed E-state index contributed by atoms with van der Waals surface area (Å²) in [6, 6.07) is 0.817. The molecule has 0 bridgehead atoms. The van der Waals surface area contributed by atoms with Crippen LogP contribution in [0.2, 0.25) is 0 Å². The van der Waals surface area contributed by atoms with Crippen molar-refractivity contribution in [2.45, 2.75) is 45.7 Å². The van der Waals surface area contributed by atoms with Crippen LogP contribution < -0.4 is 5.73 Å². The maximum absolute atomic E-state index is 5.55. The summed E-state index contributed by atoms with van der Waals surface area (Å²) < 4.78 is 0. The zero-order valence-electron chi connectivity index (χ0n) is 10.9. The fourth-order valence-electron chi connectivity index (χ4n) is 2.12. The predicted octanol–water partition coefficient (Wildman–Crippen LogP) is 2.26. The lowest BCUT2D eigenvalue weighted by Crippen LogP contribution is -2.29. The normalized spacial score (nSPS) is 16.1. The van der Waals surface area contributed by atoms with Gasteiger partial charge in [-0.2, -0.15) is 0 Å². The molecule has 0 atom stereocenters. The highest BCUT2D eigenvalue weighted by Gasteiger charge is 2.29. The van der Waals surface area contributed by atoms with Gasteiger partial charge in [-0.1, -0.05) is 13.8 Å². The molecular weight excluding hydrogens is 230 g/mol. The summed E-state index contributed by atoms with van der Waals surface area (Å²) in [4.78, 5) is 7.24. The Bertz CT molecular complexity index is 344. The number of aromatic nitrogens is 1. The summed E-state index contributed by atoms with van der Waals surface area (Å²) in [6.45, 7) is 7.48. The van der Waals surface area contributed by atoms with Crippen LogP contribution in [-0.4, -0.2) is 29.0 Å². The summed E-state index contributed by atoms with van der Waals surface area (Å²) in [5, 5.41) is 3.38. The van der Waals surface area contributed by atoms with E-state index >= 15 is 0 Å². The molecule has 1 heterocycles. The molecule has 1 fully saturated rings. The van der Waals surface area contributed by atoms with Gasteiger partial charge in [0, 0.05) is 30.9 Å². The second-order valence-corrected chi connectivity index (χ2v) is 6.27. The number of rotatable bonds is 7. The molecule has 0 aromatic carbocycles. The molecule has 2 rings (SSSR count). The molecule has 0 spiro atoms. The van der Waals surface area contributed by atoms with Crippen LogP contribution in [0.15, 0.2) is 5.38 Å². The van der Waals surface area contributed by atoms with E-state index in [9.17, 15) is 0 Å². The fourth-order valence-corrected chi connectivity index (χ4v) is 2.92. The van der Waals surface area contributed by atoms with E-state index in [1.54, 1.807) is 11.3 Å². The summed E-state index contributed by atoms with van der Waals surface area (Å²) in [5.74, 6) is 0.734. The summed E-state index contributed by atoms with van der Waals surface area (Å²) in [7, 11) is 0. The molecule has 96 valence electrons. The third-order valence-corrected chi connectivity index (χ3v) is 3.94. The molecule has 1 saturated carbocycles.